The molecule has 1 saturated carbocycles. The van der Waals surface area contributed by atoms with Gasteiger partial charge in [-0.1, -0.05) is 18.9 Å². The summed E-state index contributed by atoms with van der Waals surface area (Å²) >= 11 is 3.61. The fraction of sp³-hybridized carbons (Fsp3) is 0.600. The van der Waals surface area contributed by atoms with E-state index in [2.05, 4.69) is 33.9 Å². The largest absolute Gasteiger partial charge is 0.389 e. The second kappa shape index (κ2) is 6.07. The number of hydrogen-bond donors (Lipinski definition) is 1. The summed E-state index contributed by atoms with van der Waals surface area (Å²) in [5.41, 5.74) is 2.17. The Labute approximate surface area is 118 Å². The Kier molecular flexibility index (Phi) is 4.68. The summed E-state index contributed by atoms with van der Waals surface area (Å²) in [6.07, 6.45) is 5.11. The second-order valence-corrected chi connectivity index (χ2v) is 6.27. The lowest BCUT2D eigenvalue weighted by atomic mass is 10.1. The second-order valence-electron chi connectivity index (χ2n) is 5.42. The van der Waals surface area contributed by atoms with Crippen molar-refractivity contribution in [2.24, 2.45) is 5.92 Å². The van der Waals surface area contributed by atoms with Gasteiger partial charge in [0.15, 0.2) is 0 Å². The summed E-state index contributed by atoms with van der Waals surface area (Å²) in [6.45, 7) is 2.93. The first-order valence-corrected chi connectivity index (χ1v) is 7.56. The zero-order valence-electron chi connectivity index (χ0n) is 11.2. The Hall–Kier alpha value is -0.540. The number of benzene rings is 1. The molecular formula is C15H22BrNO. The highest BCUT2D eigenvalue weighted by Crippen LogP contribution is 2.31. The molecule has 1 aliphatic carbocycles. The van der Waals surface area contributed by atoms with Crippen LogP contribution in [0.4, 0.5) is 5.69 Å². The van der Waals surface area contributed by atoms with Crippen LogP contribution in [0, 0.1) is 5.92 Å². The highest BCUT2D eigenvalue weighted by molar-refractivity contribution is 9.10. The van der Waals surface area contributed by atoms with Crippen LogP contribution in [-0.4, -0.2) is 18.7 Å². The predicted molar refractivity (Wildman–Crippen MR) is 80.0 cm³/mol. The smallest absolute Gasteiger partial charge is 0.0762 e. The molecule has 0 aromatic heterocycles. The van der Waals surface area contributed by atoms with Crippen molar-refractivity contribution in [2.75, 3.05) is 18.5 Å². The average molecular weight is 312 g/mol. The van der Waals surface area contributed by atoms with Crippen molar-refractivity contribution in [3.05, 3.63) is 28.2 Å². The molecule has 1 N–H and O–H groups in total. The number of hydrogen-bond acceptors (Lipinski definition) is 2. The standard InChI is InChI=1S/C15H22BrNO/c1-11(18)13-7-8-15(14(16)9-13)17(2)10-12-5-3-4-6-12/h7-9,11-12,18H,3-6,10H2,1-2H3/t11-/m0/s1. The molecule has 0 heterocycles. The summed E-state index contributed by atoms with van der Waals surface area (Å²) in [5, 5.41) is 9.57. The minimum absolute atomic E-state index is 0.407. The first-order valence-electron chi connectivity index (χ1n) is 6.76. The van der Waals surface area contributed by atoms with Crippen LogP contribution >= 0.6 is 15.9 Å². The molecule has 2 nitrogen and oxygen atoms in total. The zero-order chi connectivity index (χ0) is 13.1. The monoisotopic (exact) mass is 311 g/mol. The Bertz CT molecular complexity index is 399. The van der Waals surface area contributed by atoms with Crippen LogP contribution in [0.3, 0.4) is 0 Å². The summed E-state index contributed by atoms with van der Waals surface area (Å²) in [7, 11) is 2.15. The van der Waals surface area contributed by atoms with Gasteiger partial charge in [-0.2, -0.15) is 0 Å². The molecule has 0 saturated heterocycles. The molecule has 3 heteroatoms. The predicted octanol–water partition coefficient (Wildman–Crippen LogP) is 4.13. The lowest BCUT2D eigenvalue weighted by Crippen LogP contribution is -2.24. The van der Waals surface area contributed by atoms with Crippen molar-refractivity contribution >= 4 is 21.6 Å². The van der Waals surface area contributed by atoms with Crippen molar-refractivity contribution in [3.8, 4) is 0 Å². The van der Waals surface area contributed by atoms with E-state index in [-0.39, 0.29) is 0 Å². The van der Waals surface area contributed by atoms with Crippen LogP contribution in [0.25, 0.3) is 0 Å². The normalized spacial score (nSPS) is 18.0. The van der Waals surface area contributed by atoms with E-state index < -0.39 is 6.10 Å². The molecule has 2 rings (SSSR count). The summed E-state index contributed by atoms with van der Waals surface area (Å²) in [4.78, 5) is 2.33. The Balaban J connectivity index is 2.07. The van der Waals surface area contributed by atoms with Gasteiger partial charge in [0.1, 0.15) is 0 Å². The SMILES string of the molecule is C[C@H](O)c1ccc(N(C)CC2CCCC2)c(Br)c1. The highest BCUT2D eigenvalue weighted by atomic mass is 79.9. The minimum atomic E-state index is -0.407. The molecule has 18 heavy (non-hydrogen) atoms. The molecule has 0 radical (unpaired) electrons. The van der Waals surface area contributed by atoms with Crippen molar-refractivity contribution in [3.63, 3.8) is 0 Å². The topological polar surface area (TPSA) is 23.5 Å². The lowest BCUT2D eigenvalue weighted by molar-refractivity contribution is 0.199. The van der Waals surface area contributed by atoms with Gasteiger partial charge < -0.3 is 10.0 Å². The van der Waals surface area contributed by atoms with Crippen molar-refractivity contribution in [2.45, 2.75) is 38.7 Å². The molecule has 0 spiro atoms. The first kappa shape index (κ1) is 13.9. The van der Waals surface area contributed by atoms with E-state index in [1.54, 1.807) is 6.92 Å². The van der Waals surface area contributed by atoms with Crippen molar-refractivity contribution in [1.29, 1.82) is 0 Å². The van der Waals surface area contributed by atoms with Gasteiger partial charge in [0.2, 0.25) is 0 Å². The Morgan fingerprint density at radius 3 is 2.61 bits per heavy atom. The third kappa shape index (κ3) is 3.27. The van der Waals surface area contributed by atoms with Crippen LogP contribution in [0.15, 0.2) is 22.7 Å². The Morgan fingerprint density at radius 1 is 1.39 bits per heavy atom. The van der Waals surface area contributed by atoms with E-state index in [4.69, 9.17) is 0 Å². The molecule has 1 aromatic carbocycles. The van der Waals surface area contributed by atoms with E-state index in [1.165, 1.54) is 31.4 Å². The lowest BCUT2D eigenvalue weighted by Gasteiger charge is -2.24. The number of rotatable bonds is 4. The Morgan fingerprint density at radius 2 is 2.06 bits per heavy atom. The van der Waals surface area contributed by atoms with E-state index in [0.717, 1.165) is 22.5 Å². The fourth-order valence-corrected chi connectivity index (χ4v) is 3.47. The van der Waals surface area contributed by atoms with Gasteiger partial charge in [0.05, 0.1) is 11.8 Å². The molecule has 0 unspecified atom stereocenters. The van der Waals surface area contributed by atoms with Gasteiger partial charge in [-0.05, 0) is 59.3 Å². The first-order chi connectivity index (χ1) is 8.58. The highest BCUT2D eigenvalue weighted by Gasteiger charge is 2.18. The maximum absolute atomic E-state index is 9.57. The summed E-state index contributed by atoms with van der Waals surface area (Å²) < 4.78 is 1.07. The number of anilines is 1. The van der Waals surface area contributed by atoms with Gasteiger partial charge in [-0.15, -0.1) is 0 Å². The maximum atomic E-state index is 9.57. The summed E-state index contributed by atoms with van der Waals surface area (Å²) in [6, 6.07) is 6.13. The number of aliphatic hydroxyl groups is 1. The van der Waals surface area contributed by atoms with Gasteiger partial charge in [0, 0.05) is 18.1 Å². The molecule has 1 fully saturated rings. The number of halogens is 1. The quantitative estimate of drug-likeness (QED) is 0.903. The van der Waals surface area contributed by atoms with Crippen molar-refractivity contribution in [1.82, 2.24) is 0 Å². The van der Waals surface area contributed by atoms with E-state index in [1.807, 2.05) is 12.1 Å². The molecule has 100 valence electrons. The van der Waals surface area contributed by atoms with Gasteiger partial charge in [-0.25, -0.2) is 0 Å². The molecule has 0 bridgehead atoms. The van der Waals surface area contributed by atoms with Gasteiger partial charge in [-0.3, -0.25) is 0 Å². The van der Waals surface area contributed by atoms with Crippen molar-refractivity contribution < 1.29 is 5.11 Å². The molecule has 1 aromatic rings. The third-order valence-corrected chi connectivity index (χ3v) is 4.51. The van der Waals surface area contributed by atoms with Gasteiger partial charge in [0.25, 0.3) is 0 Å². The molecule has 1 aliphatic rings. The molecule has 0 aliphatic heterocycles. The fourth-order valence-electron chi connectivity index (χ4n) is 2.77. The molecule has 1 atom stereocenters. The van der Waals surface area contributed by atoms with Crippen LogP contribution in [0.1, 0.15) is 44.3 Å². The van der Waals surface area contributed by atoms with Gasteiger partial charge >= 0.3 is 0 Å². The number of nitrogens with zero attached hydrogens (tertiary/aromatic N) is 1. The van der Waals surface area contributed by atoms with Crippen LogP contribution in [0.2, 0.25) is 0 Å². The van der Waals surface area contributed by atoms with E-state index in [9.17, 15) is 5.11 Å². The molecular weight excluding hydrogens is 290 g/mol. The third-order valence-electron chi connectivity index (χ3n) is 3.87. The van der Waals surface area contributed by atoms with Crippen LogP contribution < -0.4 is 4.90 Å². The van der Waals surface area contributed by atoms with Crippen LogP contribution in [0.5, 0.6) is 0 Å². The minimum Gasteiger partial charge on any atom is -0.389 e. The van der Waals surface area contributed by atoms with E-state index >= 15 is 0 Å². The average Bonchev–Trinajstić information content (AvgIpc) is 2.81. The van der Waals surface area contributed by atoms with Crippen LogP contribution in [-0.2, 0) is 0 Å². The zero-order valence-corrected chi connectivity index (χ0v) is 12.8. The molecule has 0 amide bonds. The number of aliphatic hydroxyl groups excluding tert-OH is 1. The summed E-state index contributed by atoms with van der Waals surface area (Å²) in [5.74, 6) is 0.846. The van der Waals surface area contributed by atoms with E-state index in [0.29, 0.717) is 0 Å². The maximum Gasteiger partial charge on any atom is 0.0762 e.